The number of benzene rings is 1. The van der Waals surface area contributed by atoms with Gasteiger partial charge in [0.2, 0.25) is 0 Å². The van der Waals surface area contributed by atoms with Crippen molar-refractivity contribution in [3.8, 4) is 11.1 Å². The third kappa shape index (κ3) is 2.65. The third-order valence-electron chi connectivity index (χ3n) is 3.10. The van der Waals surface area contributed by atoms with E-state index >= 15 is 0 Å². The lowest BCUT2D eigenvalue weighted by Gasteiger charge is -2.12. The summed E-state index contributed by atoms with van der Waals surface area (Å²) < 4.78 is 14.1. The summed E-state index contributed by atoms with van der Waals surface area (Å²) in [6, 6.07) is 2.08. The summed E-state index contributed by atoms with van der Waals surface area (Å²) in [6.07, 6.45) is 0. The Morgan fingerprint density at radius 3 is 2.29 bits per heavy atom. The first-order chi connectivity index (χ1) is 11.1. The number of carboxylic acids is 2. The van der Waals surface area contributed by atoms with E-state index in [-0.39, 0.29) is 0 Å². The molecular weight excluding hydrogens is 329 g/mol. The van der Waals surface area contributed by atoms with Gasteiger partial charge < -0.3 is 20.9 Å². The van der Waals surface area contributed by atoms with Gasteiger partial charge >= 0.3 is 11.9 Å². The van der Waals surface area contributed by atoms with Crippen molar-refractivity contribution in [1.82, 2.24) is 4.98 Å². The largest absolute Gasteiger partial charge is 0.478 e. The second-order valence-corrected chi connectivity index (χ2v) is 4.52. The van der Waals surface area contributed by atoms with Crippen LogP contribution in [0.3, 0.4) is 0 Å². The number of rotatable bonds is 4. The van der Waals surface area contributed by atoms with E-state index in [0.29, 0.717) is 12.1 Å². The number of nitro benzene ring substituents is 1. The molecule has 0 bridgehead atoms. The van der Waals surface area contributed by atoms with Crippen LogP contribution in [0.5, 0.6) is 0 Å². The maximum absolute atomic E-state index is 14.1. The average molecular weight is 337 g/mol. The van der Waals surface area contributed by atoms with Crippen LogP contribution in [0.15, 0.2) is 23.0 Å². The van der Waals surface area contributed by atoms with Gasteiger partial charge in [0, 0.05) is 23.3 Å². The lowest BCUT2D eigenvalue weighted by atomic mass is 9.94. The summed E-state index contributed by atoms with van der Waals surface area (Å²) in [5.41, 5.74) is -0.0753. The van der Waals surface area contributed by atoms with Crippen LogP contribution in [0.25, 0.3) is 11.1 Å². The number of nitrogens with two attached hydrogens (primary N) is 1. The van der Waals surface area contributed by atoms with Gasteiger partial charge in [0.15, 0.2) is 0 Å². The maximum Gasteiger partial charge on any atom is 0.342 e. The lowest BCUT2D eigenvalue weighted by molar-refractivity contribution is -0.384. The van der Waals surface area contributed by atoms with Crippen molar-refractivity contribution in [2.45, 2.75) is 0 Å². The standard InChI is InChI=1S/C13H8FN3O7/c14-6-2-1-4(17(23)24)3-5(6)7-8(12(19)20)10(15)16-11(18)9(7)13(21)22/h1-3H,(H,19,20)(H,21,22)(H3,15,16,18). The molecule has 0 spiro atoms. The van der Waals surface area contributed by atoms with Crippen LogP contribution in [0.1, 0.15) is 20.7 Å². The molecule has 0 aliphatic carbocycles. The molecule has 2 rings (SSSR count). The number of aromatic carboxylic acids is 2. The first kappa shape index (κ1) is 16.6. The molecule has 0 amide bonds. The summed E-state index contributed by atoms with van der Waals surface area (Å²) in [7, 11) is 0. The minimum atomic E-state index is -1.85. The van der Waals surface area contributed by atoms with Crippen molar-refractivity contribution in [3.63, 3.8) is 0 Å². The molecule has 1 heterocycles. The number of nitrogens with one attached hydrogen (secondary N) is 1. The topological polar surface area (TPSA) is 177 Å². The highest BCUT2D eigenvalue weighted by Crippen LogP contribution is 2.33. The molecular formula is C13H8FN3O7. The molecule has 0 unspecified atom stereocenters. The van der Waals surface area contributed by atoms with E-state index < -0.39 is 62.0 Å². The predicted molar refractivity (Wildman–Crippen MR) is 77.4 cm³/mol. The normalized spacial score (nSPS) is 10.4. The van der Waals surface area contributed by atoms with Crippen molar-refractivity contribution in [2.75, 3.05) is 5.73 Å². The van der Waals surface area contributed by atoms with Gasteiger partial charge in [0.1, 0.15) is 22.8 Å². The van der Waals surface area contributed by atoms with Crippen LogP contribution in [-0.4, -0.2) is 32.1 Å². The zero-order chi connectivity index (χ0) is 18.2. The number of hydrogen-bond donors (Lipinski definition) is 4. The van der Waals surface area contributed by atoms with Gasteiger partial charge in [0.05, 0.1) is 4.92 Å². The quantitative estimate of drug-likeness (QED) is 0.472. The zero-order valence-electron chi connectivity index (χ0n) is 11.6. The number of nitro groups is 1. The van der Waals surface area contributed by atoms with Gasteiger partial charge in [-0.25, -0.2) is 14.0 Å². The minimum Gasteiger partial charge on any atom is -0.478 e. The molecule has 1 aromatic heterocycles. The van der Waals surface area contributed by atoms with Crippen LogP contribution in [-0.2, 0) is 0 Å². The number of anilines is 1. The van der Waals surface area contributed by atoms with Crippen molar-refractivity contribution in [3.05, 3.63) is 55.6 Å². The Balaban J connectivity index is 3.05. The van der Waals surface area contributed by atoms with E-state index in [1.54, 1.807) is 0 Å². The number of halogens is 1. The molecule has 0 atom stereocenters. The number of carbonyl (C=O) groups is 2. The number of H-pyrrole nitrogens is 1. The number of aromatic nitrogens is 1. The number of nitrogen functional groups attached to an aromatic ring is 1. The Hall–Kier alpha value is -3.76. The number of carboxylic acid groups (broad SMARTS) is 2. The van der Waals surface area contributed by atoms with Crippen LogP contribution in [0.2, 0.25) is 0 Å². The Morgan fingerprint density at radius 1 is 1.21 bits per heavy atom. The molecule has 24 heavy (non-hydrogen) atoms. The molecule has 0 aliphatic rings. The fourth-order valence-corrected chi connectivity index (χ4v) is 2.13. The molecule has 0 radical (unpaired) electrons. The monoisotopic (exact) mass is 337 g/mol. The second kappa shape index (κ2) is 5.79. The maximum atomic E-state index is 14.1. The van der Waals surface area contributed by atoms with E-state index in [0.717, 1.165) is 6.07 Å². The van der Waals surface area contributed by atoms with Gasteiger partial charge in [-0.1, -0.05) is 0 Å². The van der Waals surface area contributed by atoms with Gasteiger partial charge in [-0.3, -0.25) is 14.9 Å². The highest BCUT2D eigenvalue weighted by Gasteiger charge is 2.29. The molecule has 124 valence electrons. The summed E-state index contributed by atoms with van der Waals surface area (Å²) in [4.78, 5) is 46.3. The third-order valence-corrected chi connectivity index (χ3v) is 3.10. The van der Waals surface area contributed by atoms with Crippen LogP contribution in [0, 0.1) is 15.9 Å². The van der Waals surface area contributed by atoms with Crippen LogP contribution >= 0.6 is 0 Å². The van der Waals surface area contributed by atoms with Gasteiger partial charge in [-0.2, -0.15) is 0 Å². The van der Waals surface area contributed by atoms with Crippen molar-refractivity contribution in [2.24, 2.45) is 0 Å². The van der Waals surface area contributed by atoms with Crippen molar-refractivity contribution in [1.29, 1.82) is 0 Å². The molecule has 2 aromatic rings. The van der Waals surface area contributed by atoms with Gasteiger partial charge in [0.25, 0.3) is 11.2 Å². The van der Waals surface area contributed by atoms with Crippen LogP contribution in [0.4, 0.5) is 15.9 Å². The molecule has 0 fully saturated rings. The van der Waals surface area contributed by atoms with E-state index in [1.165, 1.54) is 0 Å². The lowest BCUT2D eigenvalue weighted by Crippen LogP contribution is -2.24. The molecule has 0 saturated carbocycles. The number of aromatic amines is 1. The van der Waals surface area contributed by atoms with Gasteiger partial charge in [-0.15, -0.1) is 0 Å². The van der Waals surface area contributed by atoms with E-state index in [1.807, 2.05) is 4.98 Å². The summed E-state index contributed by atoms with van der Waals surface area (Å²) in [5.74, 6) is -5.46. The number of pyridine rings is 1. The Morgan fingerprint density at radius 2 is 1.79 bits per heavy atom. The van der Waals surface area contributed by atoms with Crippen molar-refractivity contribution < 1.29 is 29.1 Å². The van der Waals surface area contributed by atoms with Gasteiger partial charge in [-0.05, 0) is 6.07 Å². The molecule has 0 aliphatic heterocycles. The fourth-order valence-electron chi connectivity index (χ4n) is 2.13. The number of nitrogens with zero attached hydrogens (tertiary/aromatic N) is 1. The zero-order valence-corrected chi connectivity index (χ0v) is 11.6. The summed E-state index contributed by atoms with van der Waals surface area (Å²) >= 11 is 0. The predicted octanol–water partition coefficient (Wildman–Crippen LogP) is 1.07. The fraction of sp³-hybridized carbons (Fsp3) is 0. The Kier molecular flexibility index (Phi) is 4.01. The number of hydrogen-bond acceptors (Lipinski definition) is 6. The molecule has 1 aromatic carbocycles. The van der Waals surface area contributed by atoms with Crippen LogP contribution < -0.4 is 11.3 Å². The number of non-ortho nitro benzene ring substituents is 1. The van der Waals surface area contributed by atoms with E-state index in [4.69, 9.17) is 10.8 Å². The molecule has 5 N–H and O–H groups in total. The first-order valence-electron chi connectivity index (χ1n) is 6.11. The first-order valence-corrected chi connectivity index (χ1v) is 6.11. The minimum absolute atomic E-state index is 0.627. The molecule has 0 saturated heterocycles. The Labute approximate surface area is 131 Å². The SMILES string of the molecule is Nc1[nH]c(=O)c(C(=O)O)c(-c2cc([N+](=O)[O-])ccc2F)c1C(=O)O. The Bertz CT molecular complexity index is 951. The van der Waals surface area contributed by atoms with E-state index in [2.05, 4.69) is 0 Å². The summed E-state index contributed by atoms with van der Waals surface area (Å²) in [6.45, 7) is 0. The second-order valence-electron chi connectivity index (χ2n) is 4.52. The smallest absolute Gasteiger partial charge is 0.342 e. The molecule has 10 nitrogen and oxygen atoms in total. The highest BCUT2D eigenvalue weighted by molar-refractivity contribution is 6.07. The van der Waals surface area contributed by atoms with Crippen molar-refractivity contribution >= 4 is 23.4 Å². The average Bonchev–Trinajstić information content (AvgIpc) is 2.45. The highest BCUT2D eigenvalue weighted by atomic mass is 19.1. The molecule has 11 heteroatoms. The van der Waals surface area contributed by atoms with E-state index in [9.17, 15) is 34.0 Å². The summed E-state index contributed by atoms with van der Waals surface area (Å²) in [5, 5.41) is 29.2.